The highest BCUT2D eigenvalue weighted by Gasteiger charge is 2.52. The van der Waals surface area contributed by atoms with Crippen LogP contribution in [0.2, 0.25) is 0 Å². The SMILES string of the molecule is CN(C)N1C(=O)C(CCBr)(c2ccccc2)c2ccccc21. The second kappa shape index (κ2) is 5.86. The van der Waals surface area contributed by atoms with E-state index in [1.165, 1.54) is 0 Å². The number of nitrogens with zero attached hydrogens (tertiary/aromatic N) is 2. The fraction of sp³-hybridized carbons (Fsp3) is 0.278. The standard InChI is InChI=1S/C18H19BrN2O/c1-20(2)21-16-11-7-6-10-15(16)18(12-13-19,17(21)22)14-8-4-3-5-9-14/h3-11H,12-13H2,1-2H3. The zero-order valence-corrected chi connectivity index (χ0v) is 14.4. The summed E-state index contributed by atoms with van der Waals surface area (Å²) in [5.41, 5.74) is 2.49. The van der Waals surface area contributed by atoms with Crippen molar-refractivity contribution in [3.63, 3.8) is 0 Å². The lowest BCUT2D eigenvalue weighted by Gasteiger charge is -2.31. The van der Waals surface area contributed by atoms with Gasteiger partial charge in [-0.3, -0.25) is 4.79 Å². The van der Waals surface area contributed by atoms with Gasteiger partial charge in [0.1, 0.15) is 5.41 Å². The molecule has 1 aliphatic heterocycles. The van der Waals surface area contributed by atoms with Crippen molar-refractivity contribution in [3.8, 4) is 0 Å². The van der Waals surface area contributed by atoms with Crippen LogP contribution in [-0.4, -0.2) is 30.3 Å². The third kappa shape index (κ3) is 2.09. The molecule has 1 aliphatic rings. The Morgan fingerprint density at radius 3 is 2.32 bits per heavy atom. The van der Waals surface area contributed by atoms with E-state index in [1.54, 1.807) is 5.01 Å². The number of carbonyl (C=O) groups is 1. The zero-order valence-electron chi connectivity index (χ0n) is 12.8. The second-order valence-electron chi connectivity index (χ2n) is 5.69. The predicted octanol–water partition coefficient (Wildman–Crippen LogP) is 3.58. The third-order valence-electron chi connectivity index (χ3n) is 4.29. The largest absolute Gasteiger partial charge is 0.272 e. The van der Waals surface area contributed by atoms with Crippen LogP contribution < -0.4 is 5.01 Å². The van der Waals surface area contributed by atoms with Gasteiger partial charge in [0.25, 0.3) is 5.91 Å². The van der Waals surface area contributed by atoms with Crippen LogP contribution in [0.1, 0.15) is 17.5 Å². The summed E-state index contributed by atoms with van der Waals surface area (Å²) in [7, 11) is 3.81. The van der Waals surface area contributed by atoms with Gasteiger partial charge in [-0.1, -0.05) is 64.5 Å². The number of fused-ring (bicyclic) bond motifs is 1. The van der Waals surface area contributed by atoms with Gasteiger partial charge in [-0.25, -0.2) is 10.0 Å². The zero-order chi connectivity index (χ0) is 15.7. The summed E-state index contributed by atoms with van der Waals surface area (Å²) >= 11 is 3.54. The summed E-state index contributed by atoms with van der Waals surface area (Å²) in [6.07, 6.45) is 0.733. The molecule has 0 bridgehead atoms. The highest BCUT2D eigenvalue weighted by Crippen LogP contribution is 2.48. The van der Waals surface area contributed by atoms with Gasteiger partial charge in [0.15, 0.2) is 0 Å². The minimum absolute atomic E-state index is 0.115. The average Bonchev–Trinajstić information content (AvgIpc) is 2.78. The molecule has 0 saturated carbocycles. The van der Waals surface area contributed by atoms with E-state index in [-0.39, 0.29) is 5.91 Å². The van der Waals surface area contributed by atoms with Crippen LogP contribution >= 0.6 is 15.9 Å². The van der Waals surface area contributed by atoms with E-state index < -0.39 is 5.41 Å². The third-order valence-corrected chi connectivity index (χ3v) is 4.68. The van der Waals surface area contributed by atoms with Gasteiger partial charge in [0.2, 0.25) is 0 Å². The summed E-state index contributed by atoms with van der Waals surface area (Å²) < 4.78 is 0. The molecule has 0 fully saturated rings. The number of hydrogen-bond donors (Lipinski definition) is 0. The summed E-state index contributed by atoms with van der Waals surface area (Å²) in [5, 5.41) is 4.41. The van der Waals surface area contributed by atoms with Crippen LogP contribution in [-0.2, 0) is 10.2 Å². The van der Waals surface area contributed by atoms with Crippen molar-refractivity contribution < 1.29 is 4.79 Å². The van der Waals surface area contributed by atoms with Crippen molar-refractivity contribution in [3.05, 3.63) is 65.7 Å². The number of alkyl halides is 1. The van der Waals surface area contributed by atoms with Gasteiger partial charge < -0.3 is 0 Å². The summed E-state index contributed by atoms with van der Waals surface area (Å²) in [6.45, 7) is 0. The number of hydrogen-bond acceptors (Lipinski definition) is 2. The first kappa shape index (κ1) is 15.3. The number of anilines is 1. The van der Waals surface area contributed by atoms with Crippen molar-refractivity contribution in [2.75, 3.05) is 24.4 Å². The quantitative estimate of drug-likeness (QED) is 0.779. The molecule has 0 spiro atoms. The summed E-state index contributed by atoms with van der Waals surface area (Å²) in [6, 6.07) is 18.2. The topological polar surface area (TPSA) is 23.6 Å². The van der Waals surface area contributed by atoms with E-state index in [2.05, 4.69) is 34.1 Å². The molecule has 0 N–H and O–H groups in total. The maximum absolute atomic E-state index is 13.4. The molecule has 1 unspecified atom stereocenters. The number of rotatable bonds is 4. The van der Waals surface area contributed by atoms with Crippen molar-refractivity contribution in [1.29, 1.82) is 0 Å². The van der Waals surface area contributed by atoms with Crippen molar-refractivity contribution in [2.45, 2.75) is 11.8 Å². The van der Waals surface area contributed by atoms with E-state index in [4.69, 9.17) is 0 Å². The number of para-hydroxylation sites is 1. The first-order chi connectivity index (χ1) is 10.6. The molecule has 2 aromatic rings. The van der Waals surface area contributed by atoms with Gasteiger partial charge in [-0.05, 0) is 23.6 Å². The second-order valence-corrected chi connectivity index (χ2v) is 6.48. The van der Waals surface area contributed by atoms with Crippen LogP contribution in [0.4, 0.5) is 5.69 Å². The molecule has 1 amide bonds. The molecule has 0 radical (unpaired) electrons. The van der Waals surface area contributed by atoms with E-state index in [0.29, 0.717) is 0 Å². The van der Waals surface area contributed by atoms with Crippen LogP contribution in [0.5, 0.6) is 0 Å². The van der Waals surface area contributed by atoms with E-state index in [9.17, 15) is 4.79 Å². The molecule has 1 heterocycles. The molecule has 22 heavy (non-hydrogen) atoms. The van der Waals surface area contributed by atoms with Gasteiger partial charge in [0, 0.05) is 19.4 Å². The minimum Gasteiger partial charge on any atom is -0.272 e. The van der Waals surface area contributed by atoms with E-state index >= 15 is 0 Å². The Balaban J connectivity index is 2.29. The Kier molecular flexibility index (Phi) is 4.06. The smallest absolute Gasteiger partial charge is 0.256 e. The lowest BCUT2D eigenvalue weighted by molar-refractivity contribution is -0.124. The van der Waals surface area contributed by atoms with Gasteiger partial charge in [0.05, 0.1) is 5.69 Å². The van der Waals surface area contributed by atoms with Gasteiger partial charge >= 0.3 is 0 Å². The Morgan fingerprint density at radius 2 is 1.68 bits per heavy atom. The molecule has 0 aromatic heterocycles. The summed E-state index contributed by atoms with van der Waals surface area (Å²) in [5.74, 6) is 0.115. The lowest BCUT2D eigenvalue weighted by atomic mass is 9.73. The molecule has 2 aromatic carbocycles. The predicted molar refractivity (Wildman–Crippen MR) is 93.2 cm³/mol. The lowest BCUT2D eigenvalue weighted by Crippen LogP contribution is -2.47. The number of amides is 1. The van der Waals surface area contributed by atoms with Crippen LogP contribution in [0.25, 0.3) is 0 Å². The normalized spacial score (nSPS) is 20.5. The van der Waals surface area contributed by atoms with E-state index in [1.807, 2.05) is 55.5 Å². The molecular weight excluding hydrogens is 340 g/mol. The fourth-order valence-corrected chi connectivity index (χ4v) is 3.95. The Hall–Kier alpha value is -1.65. The maximum Gasteiger partial charge on any atom is 0.256 e. The molecule has 1 atom stereocenters. The van der Waals surface area contributed by atoms with Crippen molar-refractivity contribution in [1.82, 2.24) is 5.01 Å². The Bertz CT molecular complexity index is 686. The summed E-state index contributed by atoms with van der Waals surface area (Å²) in [4.78, 5) is 13.4. The van der Waals surface area contributed by atoms with Crippen LogP contribution in [0, 0.1) is 0 Å². The molecule has 0 saturated heterocycles. The van der Waals surface area contributed by atoms with Crippen LogP contribution in [0.3, 0.4) is 0 Å². The maximum atomic E-state index is 13.4. The first-order valence-electron chi connectivity index (χ1n) is 7.35. The average molecular weight is 359 g/mol. The van der Waals surface area contributed by atoms with Crippen molar-refractivity contribution in [2.24, 2.45) is 0 Å². The highest BCUT2D eigenvalue weighted by molar-refractivity contribution is 9.09. The van der Waals surface area contributed by atoms with E-state index in [0.717, 1.165) is 28.6 Å². The Morgan fingerprint density at radius 1 is 1.05 bits per heavy atom. The number of benzene rings is 2. The molecule has 0 aliphatic carbocycles. The molecular formula is C18H19BrN2O. The molecule has 3 nitrogen and oxygen atoms in total. The van der Waals surface area contributed by atoms with Crippen LogP contribution in [0.15, 0.2) is 54.6 Å². The number of hydrazine groups is 1. The number of halogens is 1. The molecule has 114 valence electrons. The van der Waals surface area contributed by atoms with Gasteiger partial charge in [-0.15, -0.1) is 0 Å². The first-order valence-corrected chi connectivity index (χ1v) is 8.48. The number of carbonyl (C=O) groups excluding carboxylic acids is 1. The molecule has 3 rings (SSSR count). The monoisotopic (exact) mass is 358 g/mol. The fourth-order valence-electron chi connectivity index (χ4n) is 3.35. The highest BCUT2D eigenvalue weighted by atomic mass is 79.9. The van der Waals surface area contributed by atoms with Crippen molar-refractivity contribution >= 4 is 27.5 Å². The molecule has 4 heteroatoms. The van der Waals surface area contributed by atoms with Gasteiger partial charge in [-0.2, -0.15) is 0 Å². The minimum atomic E-state index is -0.619. The Labute approximate surface area is 139 Å².